The van der Waals surface area contributed by atoms with Crippen LogP contribution in [0.2, 0.25) is 0 Å². The van der Waals surface area contributed by atoms with E-state index in [4.69, 9.17) is 4.74 Å². The average molecular weight is 340 g/mol. The van der Waals surface area contributed by atoms with Crippen molar-refractivity contribution >= 4 is 10.0 Å². The second-order valence-corrected chi connectivity index (χ2v) is 8.12. The molecule has 1 saturated heterocycles. The third-order valence-corrected chi connectivity index (χ3v) is 6.13. The number of likely N-dealkylation sites (tertiary alicyclic amines) is 1. The van der Waals surface area contributed by atoms with Crippen molar-refractivity contribution in [1.29, 1.82) is 0 Å². The van der Waals surface area contributed by atoms with Gasteiger partial charge in [-0.3, -0.25) is 4.90 Å². The van der Waals surface area contributed by atoms with E-state index in [9.17, 15) is 8.42 Å². The number of aryl methyl sites for hydroxylation is 2. The minimum Gasteiger partial charge on any atom is -0.496 e. The maximum absolute atomic E-state index is 12.6. The maximum Gasteiger partial charge on any atom is 0.240 e. The summed E-state index contributed by atoms with van der Waals surface area (Å²) in [6.45, 7) is 8.29. The lowest BCUT2D eigenvalue weighted by molar-refractivity contribution is 0.175. The zero-order chi connectivity index (χ0) is 17.0. The Bertz CT molecular complexity index is 637. The largest absolute Gasteiger partial charge is 0.496 e. The molecule has 1 heterocycles. The number of sulfonamides is 1. The van der Waals surface area contributed by atoms with Crippen molar-refractivity contribution in [2.24, 2.45) is 0 Å². The van der Waals surface area contributed by atoms with E-state index in [1.807, 2.05) is 6.92 Å². The zero-order valence-corrected chi connectivity index (χ0v) is 15.4. The fraction of sp³-hybridized carbons (Fsp3) is 0.647. The van der Waals surface area contributed by atoms with Crippen LogP contribution < -0.4 is 9.46 Å². The van der Waals surface area contributed by atoms with Gasteiger partial charge in [-0.1, -0.05) is 6.42 Å². The smallest absolute Gasteiger partial charge is 0.240 e. The van der Waals surface area contributed by atoms with Crippen LogP contribution in [0.1, 0.15) is 37.3 Å². The monoisotopic (exact) mass is 340 g/mol. The summed E-state index contributed by atoms with van der Waals surface area (Å²) < 4.78 is 33.3. The van der Waals surface area contributed by atoms with E-state index in [0.717, 1.165) is 18.7 Å². The summed E-state index contributed by atoms with van der Waals surface area (Å²) in [4.78, 5) is 2.69. The lowest BCUT2D eigenvalue weighted by atomic mass is 10.1. The van der Waals surface area contributed by atoms with Crippen LogP contribution >= 0.6 is 0 Å². The molecular weight excluding hydrogens is 312 g/mol. The molecule has 1 aromatic carbocycles. The van der Waals surface area contributed by atoms with Crippen LogP contribution in [0.5, 0.6) is 5.75 Å². The van der Waals surface area contributed by atoms with Gasteiger partial charge in [0, 0.05) is 12.6 Å². The summed E-state index contributed by atoms with van der Waals surface area (Å²) in [7, 11) is -1.91. The number of rotatable bonds is 6. The Morgan fingerprint density at radius 2 is 1.83 bits per heavy atom. The van der Waals surface area contributed by atoms with Gasteiger partial charge in [-0.25, -0.2) is 13.1 Å². The summed E-state index contributed by atoms with van der Waals surface area (Å²) in [5.41, 5.74) is 1.52. The third kappa shape index (κ3) is 4.46. The van der Waals surface area contributed by atoms with Crippen LogP contribution in [0.3, 0.4) is 0 Å². The molecule has 23 heavy (non-hydrogen) atoms. The van der Waals surface area contributed by atoms with E-state index in [1.165, 1.54) is 19.3 Å². The summed E-state index contributed by atoms with van der Waals surface area (Å²) in [6.07, 6.45) is 3.68. The van der Waals surface area contributed by atoms with Gasteiger partial charge in [-0.05, 0) is 70.0 Å². The first-order valence-electron chi connectivity index (χ1n) is 8.24. The fourth-order valence-electron chi connectivity index (χ4n) is 3.07. The van der Waals surface area contributed by atoms with Crippen LogP contribution in [-0.2, 0) is 10.0 Å². The van der Waals surface area contributed by atoms with Gasteiger partial charge in [0.2, 0.25) is 10.0 Å². The van der Waals surface area contributed by atoms with E-state index >= 15 is 0 Å². The van der Waals surface area contributed by atoms with Gasteiger partial charge in [0.25, 0.3) is 0 Å². The van der Waals surface area contributed by atoms with Gasteiger partial charge < -0.3 is 4.74 Å². The van der Waals surface area contributed by atoms with Gasteiger partial charge in [0.15, 0.2) is 0 Å². The molecule has 6 heteroatoms. The fourth-order valence-corrected chi connectivity index (χ4v) is 4.50. The molecule has 1 aliphatic rings. The topological polar surface area (TPSA) is 58.6 Å². The second-order valence-electron chi connectivity index (χ2n) is 6.38. The summed E-state index contributed by atoms with van der Waals surface area (Å²) in [6, 6.07) is 3.67. The molecule has 0 spiro atoms. The van der Waals surface area contributed by atoms with Gasteiger partial charge >= 0.3 is 0 Å². The Labute approximate surface area is 140 Å². The molecule has 0 radical (unpaired) electrons. The number of hydrogen-bond acceptors (Lipinski definition) is 4. The quantitative estimate of drug-likeness (QED) is 0.864. The predicted octanol–water partition coefficient (Wildman–Crippen LogP) is 2.46. The molecular formula is C17H28N2O3S. The lowest BCUT2D eigenvalue weighted by Gasteiger charge is -2.32. The Morgan fingerprint density at radius 3 is 2.43 bits per heavy atom. The highest BCUT2D eigenvalue weighted by atomic mass is 32.2. The van der Waals surface area contributed by atoms with Crippen molar-refractivity contribution in [3.05, 3.63) is 23.3 Å². The Balaban J connectivity index is 2.08. The number of hydrogen-bond donors (Lipinski definition) is 1. The van der Waals surface area contributed by atoms with Gasteiger partial charge in [0.05, 0.1) is 12.0 Å². The zero-order valence-electron chi connectivity index (χ0n) is 14.6. The molecule has 0 amide bonds. The third-order valence-electron chi connectivity index (χ3n) is 4.56. The van der Waals surface area contributed by atoms with Gasteiger partial charge in [-0.2, -0.15) is 0 Å². The van der Waals surface area contributed by atoms with Crippen molar-refractivity contribution in [1.82, 2.24) is 9.62 Å². The minimum absolute atomic E-state index is 0.213. The van der Waals surface area contributed by atoms with E-state index in [2.05, 4.69) is 16.5 Å². The molecule has 130 valence electrons. The Hall–Kier alpha value is -1.11. The number of nitrogens with one attached hydrogen (secondary N) is 1. The number of nitrogens with zero attached hydrogens (tertiary/aromatic N) is 1. The molecule has 0 aliphatic carbocycles. The molecule has 1 N–H and O–H groups in total. The van der Waals surface area contributed by atoms with Crippen LogP contribution in [-0.4, -0.2) is 46.1 Å². The van der Waals surface area contributed by atoms with E-state index in [1.54, 1.807) is 26.2 Å². The first-order valence-corrected chi connectivity index (χ1v) is 9.72. The van der Waals surface area contributed by atoms with Crippen LogP contribution in [0.4, 0.5) is 0 Å². The average Bonchev–Trinajstić information content (AvgIpc) is 2.55. The minimum atomic E-state index is -3.50. The molecule has 1 atom stereocenters. The van der Waals surface area contributed by atoms with Crippen molar-refractivity contribution in [3.63, 3.8) is 0 Å². The standard InChI is InChI=1S/C17H28N2O3S/c1-13-11-17(14(2)10-16(13)22-4)23(20,21)18-12-15(3)19-8-6-5-7-9-19/h10-11,15,18H,5-9,12H2,1-4H3. The molecule has 1 aliphatic heterocycles. The van der Waals surface area contributed by atoms with Gasteiger partial charge in [-0.15, -0.1) is 0 Å². The lowest BCUT2D eigenvalue weighted by Crippen LogP contribution is -2.44. The number of ether oxygens (including phenoxy) is 1. The van der Waals surface area contributed by atoms with Crippen LogP contribution in [0.25, 0.3) is 0 Å². The van der Waals surface area contributed by atoms with Crippen molar-refractivity contribution in [2.45, 2.75) is 51.0 Å². The first kappa shape index (κ1) is 18.2. The summed E-state index contributed by atoms with van der Waals surface area (Å²) in [5, 5.41) is 0. The molecule has 1 fully saturated rings. The van der Waals surface area contributed by atoms with Crippen molar-refractivity contribution < 1.29 is 13.2 Å². The van der Waals surface area contributed by atoms with Crippen LogP contribution in [0.15, 0.2) is 17.0 Å². The summed E-state index contributed by atoms with van der Waals surface area (Å²) >= 11 is 0. The molecule has 0 bridgehead atoms. The van der Waals surface area contributed by atoms with E-state index in [-0.39, 0.29) is 6.04 Å². The number of benzene rings is 1. The van der Waals surface area contributed by atoms with Crippen molar-refractivity contribution in [2.75, 3.05) is 26.7 Å². The highest BCUT2D eigenvalue weighted by molar-refractivity contribution is 7.89. The predicted molar refractivity (Wildman–Crippen MR) is 92.5 cm³/mol. The molecule has 5 nitrogen and oxygen atoms in total. The van der Waals surface area contributed by atoms with E-state index in [0.29, 0.717) is 22.8 Å². The van der Waals surface area contributed by atoms with E-state index < -0.39 is 10.0 Å². The van der Waals surface area contributed by atoms with Gasteiger partial charge in [0.1, 0.15) is 5.75 Å². The maximum atomic E-state index is 12.6. The molecule has 1 aromatic rings. The molecule has 0 saturated carbocycles. The van der Waals surface area contributed by atoms with Crippen molar-refractivity contribution in [3.8, 4) is 5.75 Å². The normalized spacial score (nSPS) is 17.9. The Morgan fingerprint density at radius 1 is 1.17 bits per heavy atom. The molecule has 1 unspecified atom stereocenters. The molecule has 2 rings (SSSR count). The first-order chi connectivity index (χ1) is 10.8. The Kier molecular flexibility index (Phi) is 6.06. The summed E-state index contributed by atoms with van der Waals surface area (Å²) in [5.74, 6) is 0.711. The highest BCUT2D eigenvalue weighted by Gasteiger charge is 2.22. The second kappa shape index (κ2) is 7.64. The highest BCUT2D eigenvalue weighted by Crippen LogP contribution is 2.25. The van der Waals surface area contributed by atoms with Crippen LogP contribution in [0, 0.1) is 13.8 Å². The SMILES string of the molecule is COc1cc(C)c(S(=O)(=O)NCC(C)N2CCCCC2)cc1C. The number of piperidine rings is 1. The number of methoxy groups -OCH3 is 1. The molecule has 0 aromatic heterocycles.